The summed E-state index contributed by atoms with van der Waals surface area (Å²) in [6.45, 7) is 5.12. The van der Waals surface area contributed by atoms with Crippen LogP contribution >= 0.6 is 11.6 Å². The van der Waals surface area contributed by atoms with Crippen LogP contribution in [0.5, 0.6) is 0 Å². The second kappa shape index (κ2) is 6.54. The molecule has 0 aliphatic carbocycles. The number of hydrogen-bond donors (Lipinski definition) is 0. The van der Waals surface area contributed by atoms with Crippen LogP contribution in [0.2, 0.25) is 5.02 Å². The van der Waals surface area contributed by atoms with E-state index in [-0.39, 0.29) is 0 Å². The first-order valence-electron chi connectivity index (χ1n) is 5.64. The highest BCUT2D eigenvalue weighted by molar-refractivity contribution is 6.30. The fourth-order valence-corrected chi connectivity index (χ4v) is 1.73. The van der Waals surface area contributed by atoms with E-state index in [9.17, 15) is 0 Å². The first kappa shape index (κ1) is 13.0. The zero-order valence-electron chi connectivity index (χ0n) is 10.2. The van der Waals surface area contributed by atoms with Crippen molar-refractivity contribution in [2.75, 3.05) is 18.5 Å². The molecule has 1 aromatic carbocycles. The summed E-state index contributed by atoms with van der Waals surface area (Å²) in [5.41, 5.74) is 2.31. The minimum atomic E-state index is 0.776. The van der Waals surface area contributed by atoms with Crippen molar-refractivity contribution >= 4 is 23.6 Å². The molecule has 3 heteroatoms. The van der Waals surface area contributed by atoms with Crippen LogP contribution in [0, 0.1) is 6.92 Å². The maximum Gasteiger partial charge on any atom is 0.0891 e. The molecule has 0 fully saturated rings. The Hall–Kier alpha value is -1.02. The lowest BCUT2D eigenvalue weighted by Crippen LogP contribution is -2.15. The van der Waals surface area contributed by atoms with E-state index >= 15 is 0 Å². The Kier molecular flexibility index (Phi) is 5.33. The number of anilines is 1. The largest absolute Gasteiger partial charge is 0.336 e. The maximum atomic E-state index is 5.92. The topological polar surface area (TPSA) is 15.6 Å². The predicted octanol–water partition coefficient (Wildman–Crippen LogP) is 3.91. The number of benzene rings is 1. The lowest BCUT2D eigenvalue weighted by Gasteiger charge is -2.16. The summed E-state index contributed by atoms with van der Waals surface area (Å²) >= 11 is 5.92. The normalized spacial score (nSPS) is 11.0. The molecule has 1 rings (SSSR count). The van der Waals surface area contributed by atoms with Crippen LogP contribution in [0.15, 0.2) is 23.2 Å². The number of hydrogen-bond acceptors (Lipinski definition) is 1. The average Bonchev–Trinajstić information content (AvgIpc) is 2.24. The number of aliphatic imine (C=N–C) groups is 1. The summed E-state index contributed by atoms with van der Waals surface area (Å²) in [7, 11) is 2.01. The zero-order chi connectivity index (χ0) is 12.0. The van der Waals surface area contributed by atoms with Gasteiger partial charge in [0.1, 0.15) is 0 Å². The predicted molar refractivity (Wildman–Crippen MR) is 72.9 cm³/mol. The molecule has 1 aromatic rings. The molecule has 0 radical (unpaired) electrons. The first-order valence-corrected chi connectivity index (χ1v) is 6.02. The van der Waals surface area contributed by atoms with Crippen LogP contribution in [0.25, 0.3) is 0 Å². The Balaban J connectivity index is 2.65. The van der Waals surface area contributed by atoms with E-state index in [1.54, 1.807) is 0 Å². The Bertz CT molecular complexity index is 361. The molecular weight excluding hydrogens is 220 g/mol. The van der Waals surface area contributed by atoms with Gasteiger partial charge in [-0.25, -0.2) is 0 Å². The fraction of sp³-hybridized carbons (Fsp3) is 0.462. The highest BCUT2D eigenvalue weighted by Crippen LogP contribution is 2.21. The fourth-order valence-electron chi connectivity index (χ4n) is 1.51. The van der Waals surface area contributed by atoms with E-state index < -0.39 is 0 Å². The maximum absolute atomic E-state index is 5.92. The molecule has 0 heterocycles. The second-order valence-corrected chi connectivity index (χ2v) is 4.35. The summed E-state index contributed by atoms with van der Waals surface area (Å²) in [5.74, 6) is 0. The van der Waals surface area contributed by atoms with Crippen molar-refractivity contribution in [3.63, 3.8) is 0 Å². The lowest BCUT2D eigenvalue weighted by atomic mass is 10.2. The Morgan fingerprint density at radius 2 is 2.19 bits per heavy atom. The third-order valence-electron chi connectivity index (χ3n) is 2.43. The summed E-state index contributed by atoms with van der Waals surface area (Å²) in [6, 6.07) is 5.89. The molecule has 0 aliphatic heterocycles. The van der Waals surface area contributed by atoms with Gasteiger partial charge in [0.05, 0.1) is 6.34 Å². The van der Waals surface area contributed by atoms with E-state index in [4.69, 9.17) is 11.6 Å². The van der Waals surface area contributed by atoms with E-state index in [2.05, 4.69) is 18.8 Å². The van der Waals surface area contributed by atoms with Crippen LogP contribution in [-0.2, 0) is 0 Å². The van der Waals surface area contributed by atoms with E-state index in [0.29, 0.717) is 0 Å². The van der Waals surface area contributed by atoms with Gasteiger partial charge in [-0.2, -0.15) is 0 Å². The number of unbranched alkanes of at least 4 members (excludes halogenated alkanes) is 1. The zero-order valence-corrected chi connectivity index (χ0v) is 11.0. The van der Waals surface area contributed by atoms with Crippen molar-refractivity contribution in [2.24, 2.45) is 4.99 Å². The van der Waals surface area contributed by atoms with Gasteiger partial charge in [0, 0.05) is 24.3 Å². The van der Waals surface area contributed by atoms with E-state index in [1.165, 1.54) is 6.42 Å². The SMILES string of the molecule is CCCCN=CN(C)c1ccc(Cl)cc1C. The average molecular weight is 239 g/mol. The minimum absolute atomic E-state index is 0.776. The van der Waals surface area contributed by atoms with Gasteiger partial charge in [-0.05, 0) is 37.1 Å². The van der Waals surface area contributed by atoms with Crippen molar-refractivity contribution < 1.29 is 0 Å². The molecule has 0 N–H and O–H groups in total. The van der Waals surface area contributed by atoms with Gasteiger partial charge in [0.25, 0.3) is 0 Å². The standard InChI is InChI=1S/C13H19ClN2/c1-4-5-8-15-10-16(3)13-7-6-12(14)9-11(13)2/h6-7,9-10H,4-5,8H2,1-3H3. The van der Waals surface area contributed by atoms with Gasteiger partial charge >= 0.3 is 0 Å². The van der Waals surface area contributed by atoms with Crippen molar-refractivity contribution in [3.8, 4) is 0 Å². The monoisotopic (exact) mass is 238 g/mol. The summed E-state index contributed by atoms with van der Waals surface area (Å²) in [5, 5.41) is 0.776. The molecule has 2 nitrogen and oxygen atoms in total. The van der Waals surface area contributed by atoms with Crippen LogP contribution in [-0.4, -0.2) is 19.9 Å². The van der Waals surface area contributed by atoms with Gasteiger partial charge in [0.15, 0.2) is 0 Å². The Morgan fingerprint density at radius 3 is 2.81 bits per heavy atom. The highest BCUT2D eigenvalue weighted by atomic mass is 35.5. The van der Waals surface area contributed by atoms with E-state index in [1.807, 2.05) is 36.5 Å². The Morgan fingerprint density at radius 1 is 1.44 bits per heavy atom. The van der Waals surface area contributed by atoms with Gasteiger partial charge in [-0.3, -0.25) is 4.99 Å². The molecule has 0 spiro atoms. The molecule has 0 saturated carbocycles. The molecule has 0 aliphatic rings. The third-order valence-corrected chi connectivity index (χ3v) is 2.67. The summed E-state index contributed by atoms with van der Waals surface area (Å²) in [4.78, 5) is 6.40. The quantitative estimate of drug-likeness (QED) is 0.431. The smallest absolute Gasteiger partial charge is 0.0891 e. The van der Waals surface area contributed by atoms with Crippen molar-refractivity contribution in [1.29, 1.82) is 0 Å². The van der Waals surface area contributed by atoms with Gasteiger partial charge < -0.3 is 4.90 Å². The van der Waals surface area contributed by atoms with Crippen molar-refractivity contribution in [2.45, 2.75) is 26.7 Å². The number of rotatable bonds is 5. The molecule has 0 amide bonds. The van der Waals surface area contributed by atoms with Crippen molar-refractivity contribution in [3.05, 3.63) is 28.8 Å². The van der Waals surface area contributed by atoms with Crippen LogP contribution in [0.3, 0.4) is 0 Å². The number of halogens is 1. The first-order chi connectivity index (χ1) is 7.65. The minimum Gasteiger partial charge on any atom is -0.336 e. The highest BCUT2D eigenvalue weighted by Gasteiger charge is 2.02. The number of nitrogens with zero attached hydrogens (tertiary/aromatic N) is 2. The molecule has 0 unspecified atom stereocenters. The van der Waals surface area contributed by atoms with Gasteiger partial charge in [-0.1, -0.05) is 24.9 Å². The molecule has 0 atom stereocenters. The summed E-state index contributed by atoms with van der Waals surface area (Å²) in [6.07, 6.45) is 4.21. The lowest BCUT2D eigenvalue weighted by molar-refractivity contribution is 0.808. The molecule has 16 heavy (non-hydrogen) atoms. The molecular formula is C13H19ClN2. The van der Waals surface area contributed by atoms with Gasteiger partial charge in [0.2, 0.25) is 0 Å². The second-order valence-electron chi connectivity index (χ2n) is 3.92. The van der Waals surface area contributed by atoms with E-state index in [0.717, 1.165) is 29.2 Å². The van der Waals surface area contributed by atoms with Crippen LogP contribution in [0.4, 0.5) is 5.69 Å². The molecule has 0 bridgehead atoms. The molecule has 0 saturated heterocycles. The van der Waals surface area contributed by atoms with Crippen LogP contribution < -0.4 is 4.90 Å². The molecule has 88 valence electrons. The Labute approximate surface area is 103 Å². The summed E-state index contributed by atoms with van der Waals surface area (Å²) < 4.78 is 0. The van der Waals surface area contributed by atoms with Crippen molar-refractivity contribution in [1.82, 2.24) is 0 Å². The van der Waals surface area contributed by atoms with Gasteiger partial charge in [-0.15, -0.1) is 0 Å². The van der Waals surface area contributed by atoms with Crippen LogP contribution in [0.1, 0.15) is 25.3 Å². The third kappa shape index (κ3) is 3.86. The number of aryl methyl sites for hydroxylation is 1. The molecule has 0 aromatic heterocycles.